The quantitative estimate of drug-likeness (QED) is 0.145. The Morgan fingerprint density at radius 1 is 0.182 bits per heavy atom. The van der Waals surface area contributed by atoms with E-state index >= 15 is 0 Å². The van der Waals surface area contributed by atoms with Gasteiger partial charge in [-0.05, 0) is 86.5 Å². The fourth-order valence-corrected chi connectivity index (χ4v) is 7.56. The molecule has 0 fully saturated rings. The highest BCUT2D eigenvalue weighted by molar-refractivity contribution is 6.00. The summed E-state index contributed by atoms with van der Waals surface area (Å²) >= 11 is 0. The van der Waals surface area contributed by atoms with Crippen molar-refractivity contribution in [3.63, 3.8) is 0 Å². The first-order valence-corrected chi connectivity index (χ1v) is 18.8. The Morgan fingerprint density at radius 3 is 0.636 bits per heavy atom. The van der Waals surface area contributed by atoms with Gasteiger partial charge in [0.1, 0.15) is 0 Å². The Hall–Kier alpha value is -7.22. The Bertz CT molecular complexity index is 2350. The maximum Gasteiger partial charge on any atom is 0.0540 e. The van der Waals surface area contributed by atoms with E-state index in [2.05, 4.69) is 241 Å². The minimum Gasteiger partial charge on any atom is -0.309 e. The van der Waals surface area contributed by atoms with E-state index < -0.39 is 0 Å². The highest BCUT2D eigenvalue weighted by atomic mass is 15.1. The number of anilines is 3. The van der Waals surface area contributed by atoms with Crippen LogP contribution in [0.3, 0.4) is 0 Å². The summed E-state index contributed by atoms with van der Waals surface area (Å²) in [5, 5.41) is 0. The third-order valence-corrected chi connectivity index (χ3v) is 10.3. The van der Waals surface area contributed by atoms with Gasteiger partial charge in [0.2, 0.25) is 0 Å². The summed E-state index contributed by atoms with van der Waals surface area (Å²) in [5.74, 6) is 0. The zero-order valence-electron chi connectivity index (χ0n) is 30.5. The van der Waals surface area contributed by atoms with E-state index in [-0.39, 0.29) is 0 Å². The molecule has 0 aromatic heterocycles. The molecule has 0 amide bonds. The molecular weight excluding hydrogens is 663 g/mol. The fourth-order valence-electron chi connectivity index (χ4n) is 7.56. The third kappa shape index (κ3) is 7.00. The molecule has 0 heterocycles. The van der Waals surface area contributed by atoms with Crippen molar-refractivity contribution in [1.82, 2.24) is 0 Å². The molecule has 0 atom stereocenters. The molecule has 9 rings (SSSR count). The van der Waals surface area contributed by atoms with Crippen molar-refractivity contribution in [3.05, 3.63) is 237 Å². The summed E-state index contributed by atoms with van der Waals surface area (Å²) in [6.45, 7) is 0. The molecule has 0 aliphatic heterocycles. The van der Waals surface area contributed by atoms with Crippen LogP contribution in [0.2, 0.25) is 0 Å². The van der Waals surface area contributed by atoms with Crippen LogP contribution in [0.15, 0.2) is 237 Å². The van der Waals surface area contributed by atoms with Gasteiger partial charge >= 0.3 is 0 Å². The lowest BCUT2D eigenvalue weighted by atomic mass is 9.92. The monoisotopic (exact) mass is 701 g/mol. The molecule has 0 radical (unpaired) electrons. The van der Waals surface area contributed by atoms with E-state index in [1.54, 1.807) is 0 Å². The molecule has 0 saturated carbocycles. The van der Waals surface area contributed by atoms with E-state index in [0.29, 0.717) is 0 Å². The molecule has 0 bridgehead atoms. The van der Waals surface area contributed by atoms with Crippen LogP contribution in [0.1, 0.15) is 0 Å². The van der Waals surface area contributed by atoms with Gasteiger partial charge in [-0.25, -0.2) is 0 Å². The normalized spacial score (nSPS) is 10.9. The number of nitrogens with zero attached hydrogens (tertiary/aromatic N) is 1. The Kier molecular flexibility index (Phi) is 9.41. The number of hydrogen-bond acceptors (Lipinski definition) is 1. The predicted octanol–water partition coefficient (Wildman–Crippen LogP) is 15.2. The van der Waals surface area contributed by atoms with Gasteiger partial charge in [-0.15, -0.1) is 0 Å². The van der Waals surface area contributed by atoms with Gasteiger partial charge in [0.25, 0.3) is 0 Å². The van der Waals surface area contributed by atoms with Crippen LogP contribution in [0.25, 0.3) is 66.8 Å². The Balaban J connectivity index is 1.37. The molecule has 1 heteroatoms. The third-order valence-electron chi connectivity index (χ3n) is 10.3. The maximum atomic E-state index is 2.49. The van der Waals surface area contributed by atoms with Crippen LogP contribution < -0.4 is 4.90 Å². The highest BCUT2D eigenvalue weighted by Gasteiger charge is 2.25. The lowest BCUT2D eigenvalue weighted by Crippen LogP contribution is -2.14. The van der Waals surface area contributed by atoms with Gasteiger partial charge in [-0.1, -0.05) is 200 Å². The molecule has 1 nitrogen and oxygen atoms in total. The highest BCUT2D eigenvalue weighted by Crippen LogP contribution is 2.50. The molecule has 0 N–H and O–H groups in total. The first-order valence-electron chi connectivity index (χ1n) is 18.8. The first kappa shape index (κ1) is 33.6. The van der Waals surface area contributed by atoms with E-state index in [9.17, 15) is 0 Å². The molecule has 9 aromatic rings. The van der Waals surface area contributed by atoms with Crippen molar-refractivity contribution in [2.75, 3.05) is 4.90 Å². The fraction of sp³-hybridized carbons (Fsp3) is 0. The van der Waals surface area contributed by atoms with Crippen molar-refractivity contribution < 1.29 is 0 Å². The van der Waals surface area contributed by atoms with Gasteiger partial charge < -0.3 is 4.90 Å². The molecule has 55 heavy (non-hydrogen) atoms. The van der Waals surface area contributed by atoms with Gasteiger partial charge in [-0.3, -0.25) is 0 Å². The van der Waals surface area contributed by atoms with Gasteiger partial charge in [0, 0.05) is 16.7 Å². The SMILES string of the molecule is c1ccc(-c2ccc(N(c3ccc(-c4ccccc4)cc3-c3ccccc3)c3ccc(-c4ccccc4)cc3-c3ccccc3)c(-c3ccccc3)c2)cc1. The second-order valence-electron chi connectivity index (χ2n) is 13.7. The molecule has 0 unspecified atom stereocenters. The average Bonchev–Trinajstić information content (AvgIpc) is 3.28. The number of hydrogen-bond donors (Lipinski definition) is 0. The standard InChI is InChI=1S/C54H39N/c1-7-19-40(20-8-1)46-31-34-52(49(37-46)43-25-13-4-14-26-43)55(53-35-32-47(41-21-9-2-10-22-41)38-50(53)44-27-15-5-16-28-44)54-36-33-48(42-23-11-3-12-24-42)39-51(54)45-29-17-6-18-30-45/h1-39H. The smallest absolute Gasteiger partial charge is 0.0540 e. The summed E-state index contributed by atoms with van der Waals surface area (Å²) in [6.07, 6.45) is 0. The molecule has 0 aliphatic rings. The summed E-state index contributed by atoms with van der Waals surface area (Å²) < 4.78 is 0. The van der Waals surface area contributed by atoms with E-state index in [1.165, 1.54) is 33.4 Å². The van der Waals surface area contributed by atoms with Crippen LogP contribution in [-0.2, 0) is 0 Å². The van der Waals surface area contributed by atoms with E-state index in [1.807, 2.05) is 0 Å². The average molecular weight is 702 g/mol. The lowest BCUT2D eigenvalue weighted by Gasteiger charge is -2.32. The number of benzene rings is 9. The van der Waals surface area contributed by atoms with Crippen LogP contribution in [0.5, 0.6) is 0 Å². The molecular formula is C54H39N. The largest absolute Gasteiger partial charge is 0.309 e. The summed E-state index contributed by atoms with van der Waals surface area (Å²) in [7, 11) is 0. The molecule has 0 aliphatic carbocycles. The van der Waals surface area contributed by atoms with Crippen molar-refractivity contribution in [3.8, 4) is 66.8 Å². The van der Waals surface area contributed by atoms with Crippen molar-refractivity contribution in [2.24, 2.45) is 0 Å². The lowest BCUT2D eigenvalue weighted by molar-refractivity contribution is 1.28. The van der Waals surface area contributed by atoms with Gasteiger partial charge in [0.05, 0.1) is 17.1 Å². The predicted molar refractivity (Wildman–Crippen MR) is 234 cm³/mol. The molecule has 9 aromatic carbocycles. The summed E-state index contributed by atoms with van der Waals surface area (Å²) in [4.78, 5) is 2.49. The second kappa shape index (κ2) is 15.4. The topological polar surface area (TPSA) is 3.24 Å². The Morgan fingerprint density at radius 2 is 0.400 bits per heavy atom. The van der Waals surface area contributed by atoms with E-state index in [4.69, 9.17) is 0 Å². The maximum absolute atomic E-state index is 2.49. The number of rotatable bonds is 9. The summed E-state index contributed by atoms with van der Waals surface area (Å²) in [6, 6.07) is 85.2. The molecule has 260 valence electrons. The molecule has 0 spiro atoms. The zero-order valence-corrected chi connectivity index (χ0v) is 30.5. The summed E-state index contributed by atoms with van der Waals surface area (Å²) in [5.41, 5.74) is 17.3. The molecule has 0 saturated heterocycles. The van der Waals surface area contributed by atoms with Crippen LogP contribution >= 0.6 is 0 Å². The Labute approximate surface area is 324 Å². The second-order valence-corrected chi connectivity index (χ2v) is 13.7. The van der Waals surface area contributed by atoms with Crippen molar-refractivity contribution >= 4 is 17.1 Å². The zero-order chi connectivity index (χ0) is 36.8. The minimum atomic E-state index is 1.10. The van der Waals surface area contributed by atoms with Crippen LogP contribution in [-0.4, -0.2) is 0 Å². The van der Waals surface area contributed by atoms with Crippen LogP contribution in [0.4, 0.5) is 17.1 Å². The van der Waals surface area contributed by atoms with Crippen molar-refractivity contribution in [2.45, 2.75) is 0 Å². The minimum absolute atomic E-state index is 1.10. The van der Waals surface area contributed by atoms with Crippen LogP contribution in [0, 0.1) is 0 Å². The van der Waals surface area contributed by atoms with Gasteiger partial charge in [0.15, 0.2) is 0 Å². The van der Waals surface area contributed by atoms with E-state index in [0.717, 1.165) is 50.4 Å². The van der Waals surface area contributed by atoms with Crippen molar-refractivity contribution in [1.29, 1.82) is 0 Å². The van der Waals surface area contributed by atoms with Gasteiger partial charge in [-0.2, -0.15) is 0 Å². The first-order chi connectivity index (χ1) is 27.3.